The third-order valence-electron chi connectivity index (χ3n) is 2.27. The molecule has 1 aromatic carbocycles. The number of rotatable bonds is 5. The first-order valence-corrected chi connectivity index (χ1v) is 5.04. The fourth-order valence-corrected chi connectivity index (χ4v) is 1.46. The van der Waals surface area contributed by atoms with Gasteiger partial charge in [0, 0.05) is 5.56 Å². The smallest absolute Gasteiger partial charge is 0.185 e. The zero-order valence-corrected chi connectivity index (χ0v) is 8.62. The van der Waals surface area contributed by atoms with Gasteiger partial charge in [0.25, 0.3) is 0 Å². The number of ketones is 1. The second-order valence-electron chi connectivity index (χ2n) is 3.33. The first kappa shape index (κ1) is 10.7. The number of unbranched alkanes of at least 4 members (excludes halogenated alkanes) is 1. The molecule has 0 atom stereocenters. The van der Waals surface area contributed by atoms with Crippen LogP contribution in [0.5, 0.6) is 0 Å². The third-order valence-corrected chi connectivity index (χ3v) is 2.27. The molecule has 1 nitrogen and oxygen atoms in total. The number of carbonyl (C=O) groups excluding carboxylic acids is 1. The lowest BCUT2D eigenvalue weighted by atomic mass is 9.99. The molecule has 1 heteroatoms. The Kier molecular flexibility index (Phi) is 4.11. The van der Waals surface area contributed by atoms with E-state index < -0.39 is 0 Å². The summed E-state index contributed by atoms with van der Waals surface area (Å²) in [5.41, 5.74) is 1.94. The predicted octanol–water partition coefficient (Wildman–Crippen LogP) is 3.40. The van der Waals surface area contributed by atoms with Crippen LogP contribution in [-0.4, -0.2) is 5.78 Å². The minimum atomic E-state index is 0.0247. The summed E-state index contributed by atoms with van der Waals surface area (Å²) < 4.78 is 0. The Morgan fingerprint density at radius 1 is 1.43 bits per heavy atom. The normalized spacial score (nSPS) is 9.79. The van der Waals surface area contributed by atoms with Gasteiger partial charge in [0.2, 0.25) is 0 Å². The van der Waals surface area contributed by atoms with Crippen LogP contribution in [0.1, 0.15) is 35.7 Å². The Bertz CT molecular complexity index is 326. The molecular formula is C13H16O. The Morgan fingerprint density at radius 3 is 2.79 bits per heavy atom. The summed E-state index contributed by atoms with van der Waals surface area (Å²) in [6.07, 6.45) is 4.63. The molecular weight excluding hydrogens is 172 g/mol. The number of carbonyl (C=O) groups is 1. The zero-order valence-electron chi connectivity index (χ0n) is 8.62. The van der Waals surface area contributed by atoms with E-state index in [9.17, 15) is 4.79 Å². The second kappa shape index (κ2) is 5.38. The molecule has 0 N–H and O–H groups in total. The highest BCUT2D eigenvalue weighted by atomic mass is 16.1. The van der Waals surface area contributed by atoms with Crippen molar-refractivity contribution in [1.82, 2.24) is 0 Å². The lowest BCUT2D eigenvalue weighted by Crippen LogP contribution is -2.00. The van der Waals surface area contributed by atoms with Crippen molar-refractivity contribution in [3.8, 4) is 0 Å². The van der Waals surface area contributed by atoms with Gasteiger partial charge in [-0.05, 0) is 24.5 Å². The molecule has 0 spiro atoms. The Hall–Kier alpha value is -1.37. The van der Waals surface area contributed by atoms with E-state index in [0.29, 0.717) is 0 Å². The van der Waals surface area contributed by atoms with E-state index in [4.69, 9.17) is 0 Å². The van der Waals surface area contributed by atoms with Gasteiger partial charge in [-0.3, -0.25) is 4.79 Å². The monoisotopic (exact) mass is 188 g/mol. The van der Waals surface area contributed by atoms with Gasteiger partial charge in [0.1, 0.15) is 0 Å². The van der Waals surface area contributed by atoms with Crippen molar-refractivity contribution < 1.29 is 4.79 Å². The number of hydrogen-bond acceptors (Lipinski definition) is 1. The quantitative estimate of drug-likeness (QED) is 0.511. The number of allylic oxidation sites excluding steroid dienone is 1. The van der Waals surface area contributed by atoms with Gasteiger partial charge < -0.3 is 0 Å². The number of hydrogen-bond donors (Lipinski definition) is 0. The van der Waals surface area contributed by atoms with E-state index in [-0.39, 0.29) is 5.78 Å². The van der Waals surface area contributed by atoms with E-state index in [1.807, 2.05) is 24.3 Å². The Morgan fingerprint density at radius 2 is 2.14 bits per heavy atom. The van der Waals surface area contributed by atoms with Crippen LogP contribution < -0.4 is 0 Å². The molecule has 0 aromatic heterocycles. The van der Waals surface area contributed by atoms with Crippen molar-refractivity contribution >= 4 is 5.78 Å². The number of aryl methyl sites for hydroxylation is 1. The fourth-order valence-electron chi connectivity index (χ4n) is 1.46. The van der Waals surface area contributed by atoms with Crippen LogP contribution in [0.15, 0.2) is 36.9 Å². The standard InChI is InChI=1S/C13H16O/c1-3-5-8-11-9-6-7-10-12(11)13(14)4-2/h4,6-7,9-10H,2-3,5,8H2,1H3. The predicted molar refractivity (Wildman–Crippen MR) is 59.6 cm³/mol. The first-order chi connectivity index (χ1) is 6.79. The third kappa shape index (κ3) is 2.56. The Labute approximate surface area is 85.5 Å². The van der Waals surface area contributed by atoms with E-state index >= 15 is 0 Å². The molecule has 0 aliphatic carbocycles. The maximum atomic E-state index is 11.5. The van der Waals surface area contributed by atoms with Crippen LogP contribution in [0.3, 0.4) is 0 Å². The molecule has 1 aromatic rings. The van der Waals surface area contributed by atoms with E-state index in [0.717, 1.165) is 30.4 Å². The highest BCUT2D eigenvalue weighted by molar-refractivity contribution is 6.05. The van der Waals surface area contributed by atoms with Gasteiger partial charge in [0.05, 0.1) is 0 Å². The summed E-state index contributed by atoms with van der Waals surface area (Å²) >= 11 is 0. The molecule has 0 bridgehead atoms. The van der Waals surface area contributed by atoms with E-state index in [1.54, 1.807) is 0 Å². The zero-order chi connectivity index (χ0) is 10.4. The minimum Gasteiger partial charge on any atom is -0.289 e. The van der Waals surface area contributed by atoms with Crippen LogP contribution in [0, 0.1) is 0 Å². The molecule has 0 unspecified atom stereocenters. The first-order valence-electron chi connectivity index (χ1n) is 5.04. The van der Waals surface area contributed by atoms with Gasteiger partial charge >= 0.3 is 0 Å². The van der Waals surface area contributed by atoms with Crippen LogP contribution in [0.4, 0.5) is 0 Å². The fraction of sp³-hybridized carbons (Fsp3) is 0.308. The van der Waals surface area contributed by atoms with Gasteiger partial charge in [0.15, 0.2) is 5.78 Å². The molecule has 0 aliphatic heterocycles. The van der Waals surface area contributed by atoms with Gasteiger partial charge in [-0.2, -0.15) is 0 Å². The summed E-state index contributed by atoms with van der Waals surface area (Å²) in [7, 11) is 0. The maximum absolute atomic E-state index is 11.5. The summed E-state index contributed by atoms with van der Waals surface area (Å²) in [6, 6.07) is 7.76. The topological polar surface area (TPSA) is 17.1 Å². The van der Waals surface area contributed by atoms with E-state index in [2.05, 4.69) is 13.5 Å². The average Bonchev–Trinajstić information content (AvgIpc) is 2.25. The molecule has 0 fully saturated rings. The average molecular weight is 188 g/mol. The molecule has 0 saturated heterocycles. The van der Waals surface area contributed by atoms with Gasteiger partial charge in [-0.25, -0.2) is 0 Å². The van der Waals surface area contributed by atoms with Crippen molar-refractivity contribution in [3.63, 3.8) is 0 Å². The highest BCUT2D eigenvalue weighted by Gasteiger charge is 2.06. The summed E-state index contributed by atoms with van der Waals surface area (Å²) in [6.45, 7) is 5.66. The molecule has 14 heavy (non-hydrogen) atoms. The van der Waals surface area contributed by atoms with Crippen LogP contribution in [-0.2, 0) is 6.42 Å². The van der Waals surface area contributed by atoms with Gasteiger partial charge in [-0.1, -0.05) is 44.2 Å². The van der Waals surface area contributed by atoms with Crippen molar-refractivity contribution in [2.45, 2.75) is 26.2 Å². The highest BCUT2D eigenvalue weighted by Crippen LogP contribution is 2.13. The van der Waals surface area contributed by atoms with Gasteiger partial charge in [-0.15, -0.1) is 0 Å². The summed E-state index contributed by atoms with van der Waals surface area (Å²) in [5.74, 6) is 0.0247. The van der Waals surface area contributed by atoms with Crippen molar-refractivity contribution in [2.75, 3.05) is 0 Å². The molecule has 0 amide bonds. The summed E-state index contributed by atoms with van der Waals surface area (Å²) in [4.78, 5) is 11.5. The van der Waals surface area contributed by atoms with Crippen molar-refractivity contribution in [3.05, 3.63) is 48.0 Å². The minimum absolute atomic E-state index is 0.0247. The molecule has 1 rings (SSSR count). The van der Waals surface area contributed by atoms with Crippen LogP contribution in [0.25, 0.3) is 0 Å². The largest absolute Gasteiger partial charge is 0.289 e. The lowest BCUT2D eigenvalue weighted by Gasteiger charge is -2.05. The summed E-state index contributed by atoms with van der Waals surface area (Å²) in [5, 5.41) is 0. The molecule has 0 heterocycles. The maximum Gasteiger partial charge on any atom is 0.185 e. The second-order valence-corrected chi connectivity index (χ2v) is 3.33. The van der Waals surface area contributed by atoms with Crippen molar-refractivity contribution in [1.29, 1.82) is 0 Å². The van der Waals surface area contributed by atoms with E-state index in [1.165, 1.54) is 6.08 Å². The lowest BCUT2D eigenvalue weighted by molar-refractivity contribution is 0.104. The van der Waals surface area contributed by atoms with Crippen molar-refractivity contribution in [2.24, 2.45) is 0 Å². The SMILES string of the molecule is C=CC(=O)c1ccccc1CCCC. The molecule has 0 radical (unpaired) electrons. The van der Waals surface area contributed by atoms with Crippen LogP contribution >= 0.6 is 0 Å². The number of benzene rings is 1. The van der Waals surface area contributed by atoms with Crippen LogP contribution in [0.2, 0.25) is 0 Å². The molecule has 0 saturated carbocycles. The Balaban J connectivity index is 2.90. The molecule has 74 valence electrons. The molecule has 0 aliphatic rings.